The van der Waals surface area contributed by atoms with Crippen molar-refractivity contribution in [3.05, 3.63) is 59.2 Å². The summed E-state index contributed by atoms with van der Waals surface area (Å²) in [5.74, 6) is 0.361. The third kappa shape index (κ3) is 6.83. The van der Waals surface area contributed by atoms with Gasteiger partial charge in [-0.1, -0.05) is 44.5 Å². The van der Waals surface area contributed by atoms with Gasteiger partial charge in [0, 0.05) is 31.6 Å². The normalized spacial score (nSPS) is 14.4. The summed E-state index contributed by atoms with van der Waals surface area (Å²) in [4.78, 5) is 38.3. The highest BCUT2D eigenvalue weighted by molar-refractivity contribution is 5.95. The number of ether oxygens (including phenoxy) is 2. The second-order valence-electron chi connectivity index (χ2n) is 9.79. The highest BCUT2D eigenvalue weighted by Crippen LogP contribution is 2.32. The molecule has 0 saturated carbocycles. The van der Waals surface area contributed by atoms with E-state index in [1.54, 1.807) is 29.2 Å². The number of esters is 1. The van der Waals surface area contributed by atoms with Crippen LogP contribution in [0.5, 0.6) is 11.5 Å². The Labute approximate surface area is 201 Å². The first-order valence-electron chi connectivity index (χ1n) is 11.6. The zero-order valence-corrected chi connectivity index (χ0v) is 20.6. The van der Waals surface area contributed by atoms with E-state index in [0.29, 0.717) is 37.2 Å². The van der Waals surface area contributed by atoms with Gasteiger partial charge in [-0.3, -0.25) is 14.4 Å². The Balaban J connectivity index is 1.50. The molecule has 1 aliphatic rings. The molecule has 34 heavy (non-hydrogen) atoms. The Kier molecular flexibility index (Phi) is 7.97. The molecule has 0 spiro atoms. The zero-order chi connectivity index (χ0) is 24.9. The smallest absolute Gasteiger partial charge is 0.308 e. The molecule has 0 aliphatic carbocycles. The van der Waals surface area contributed by atoms with Crippen molar-refractivity contribution in [2.75, 3.05) is 19.7 Å². The van der Waals surface area contributed by atoms with Crippen molar-refractivity contribution in [1.29, 1.82) is 0 Å². The third-order valence-corrected chi connectivity index (χ3v) is 5.83. The van der Waals surface area contributed by atoms with E-state index in [9.17, 15) is 14.4 Å². The van der Waals surface area contributed by atoms with Crippen LogP contribution in [0.3, 0.4) is 0 Å². The molecule has 1 heterocycles. The van der Waals surface area contributed by atoms with Crippen molar-refractivity contribution >= 4 is 17.8 Å². The highest BCUT2D eigenvalue weighted by Gasteiger charge is 2.25. The van der Waals surface area contributed by atoms with Crippen LogP contribution in [0.25, 0.3) is 0 Å². The maximum absolute atomic E-state index is 12.7. The summed E-state index contributed by atoms with van der Waals surface area (Å²) >= 11 is 0. The summed E-state index contributed by atoms with van der Waals surface area (Å²) in [6, 6.07) is 12.5. The number of hydrogen-bond acceptors (Lipinski definition) is 5. The van der Waals surface area contributed by atoms with Crippen molar-refractivity contribution in [3.63, 3.8) is 0 Å². The van der Waals surface area contributed by atoms with Crippen molar-refractivity contribution in [1.82, 2.24) is 10.2 Å². The summed E-state index contributed by atoms with van der Waals surface area (Å²) in [5, 5.41) is 3.01. The maximum atomic E-state index is 12.7. The van der Waals surface area contributed by atoms with E-state index in [-0.39, 0.29) is 29.9 Å². The molecule has 182 valence electrons. The minimum absolute atomic E-state index is 0.00783. The standard InChI is InChI=1S/C27H34N2O5/c1-18-9-10-24(23(15-18)27(3,4)5)33-17-25(31)29-13-11-21(12-14-29)28-26(32)20-7-6-8-22(16-20)34-19(2)30/h6-10,15-16,21H,11-14,17H2,1-5H3,(H,28,32). The third-order valence-electron chi connectivity index (χ3n) is 5.83. The molecule has 1 aliphatic heterocycles. The van der Waals surface area contributed by atoms with E-state index >= 15 is 0 Å². The second-order valence-corrected chi connectivity index (χ2v) is 9.79. The van der Waals surface area contributed by atoms with Crippen LogP contribution in [0, 0.1) is 6.92 Å². The quantitative estimate of drug-likeness (QED) is 0.514. The van der Waals surface area contributed by atoms with Crippen molar-refractivity contribution < 1.29 is 23.9 Å². The lowest BCUT2D eigenvalue weighted by Gasteiger charge is -2.32. The van der Waals surface area contributed by atoms with E-state index in [1.165, 1.54) is 6.92 Å². The topological polar surface area (TPSA) is 84.9 Å². The first-order chi connectivity index (χ1) is 16.0. The Morgan fingerprint density at radius 1 is 1.06 bits per heavy atom. The molecule has 0 radical (unpaired) electrons. The molecule has 2 aromatic carbocycles. The van der Waals surface area contributed by atoms with Crippen LogP contribution in [-0.2, 0) is 15.0 Å². The van der Waals surface area contributed by atoms with E-state index in [0.717, 1.165) is 16.9 Å². The van der Waals surface area contributed by atoms with Gasteiger partial charge in [-0.15, -0.1) is 0 Å². The summed E-state index contributed by atoms with van der Waals surface area (Å²) in [6.07, 6.45) is 1.33. The molecule has 0 aromatic heterocycles. The van der Waals surface area contributed by atoms with E-state index in [2.05, 4.69) is 32.2 Å². The molecule has 2 amide bonds. The molecule has 1 saturated heterocycles. The molecule has 0 bridgehead atoms. The Bertz CT molecular complexity index is 1050. The van der Waals surface area contributed by atoms with E-state index in [1.807, 2.05) is 19.1 Å². The fraction of sp³-hybridized carbons (Fsp3) is 0.444. The monoisotopic (exact) mass is 466 g/mol. The van der Waals surface area contributed by atoms with E-state index < -0.39 is 5.97 Å². The lowest BCUT2D eigenvalue weighted by atomic mass is 9.85. The van der Waals surface area contributed by atoms with Gasteiger partial charge in [-0.05, 0) is 55.0 Å². The molecule has 0 atom stereocenters. The van der Waals surface area contributed by atoms with Crippen LogP contribution in [0.4, 0.5) is 0 Å². The van der Waals surface area contributed by atoms with Gasteiger partial charge in [0.2, 0.25) is 0 Å². The van der Waals surface area contributed by atoms with Crippen molar-refractivity contribution in [3.8, 4) is 11.5 Å². The molecular formula is C27H34N2O5. The Hall–Kier alpha value is -3.35. The van der Waals surface area contributed by atoms with Gasteiger partial charge in [0.25, 0.3) is 11.8 Å². The molecule has 1 fully saturated rings. The summed E-state index contributed by atoms with van der Waals surface area (Å²) < 4.78 is 11.0. The first kappa shape index (κ1) is 25.3. The van der Waals surface area contributed by atoms with Crippen LogP contribution in [-0.4, -0.2) is 48.4 Å². The van der Waals surface area contributed by atoms with Crippen LogP contribution in [0.1, 0.15) is 62.0 Å². The molecule has 0 unspecified atom stereocenters. The van der Waals surface area contributed by atoms with Gasteiger partial charge in [-0.25, -0.2) is 0 Å². The Morgan fingerprint density at radius 2 is 1.76 bits per heavy atom. The number of carbonyl (C=O) groups excluding carboxylic acids is 3. The summed E-state index contributed by atoms with van der Waals surface area (Å²) in [6.45, 7) is 10.8. The van der Waals surface area contributed by atoms with Crippen LogP contribution in [0.2, 0.25) is 0 Å². The Morgan fingerprint density at radius 3 is 2.41 bits per heavy atom. The fourth-order valence-corrected chi connectivity index (χ4v) is 4.00. The number of aryl methyl sites for hydroxylation is 1. The summed E-state index contributed by atoms with van der Waals surface area (Å²) in [5.41, 5.74) is 2.59. The van der Waals surface area contributed by atoms with Crippen LogP contribution < -0.4 is 14.8 Å². The fourth-order valence-electron chi connectivity index (χ4n) is 4.00. The lowest BCUT2D eigenvalue weighted by Crippen LogP contribution is -2.47. The molecule has 7 nitrogen and oxygen atoms in total. The van der Waals surface area contributed by atoms with Gasteiger partial charge in [-0.2, -0.15) is 0 Å². The van der Waals surface area contributed by atoms with Gasteiger partial charge >= 0.3 is 5.97 Å². The van der Waals surface area contributed by atoms with Crippen molar-refractivity contribution in [2.24, 2.45) is 0 Å². The van der Waals surface area contributed by atoms with E-state index in [4.69, 9.17) is 9.47 Å². The van der Waals surface area contributed by atoms with Crippen molar-refractivity contribution in [2.45, 2.75) is 58.9 Å². The molecule has 7 heteroatoms. The van der Waals surface area contributed by atoms with Gasteiger partial charge < -0.3 is 19.7 Å². The number of rotatable bonds is 6. The zero-order valence-electron chi connectivity index (χ0n) is 20.6. The number of likely N-dealkylation sites (tertiary alicyclic amines) is 1. The minimum atomic E-state index is -0.435. The molecule has 1 N–H and O–H groups in total. The summed E-state index contributed by atoms with van der Waals surface area (Å²) in [7, 11) is 0. The number of piperidine rings is 1. The van der Waals surface area contributed by atoms with Gasteiger partial charge in [0.15, 0.2) is 6.61 Å². The minimum Gasteiger partial charge on any atom is -0.483 e. The van der Waals surface area contributed by atoms with Crippen LogP contribution >= 0.6 is 0 Å². The predicted molar refractivity (Wildman–Crippen MR) is 130 cm³/mol. The largest absolute Gasteiger partial charge is 0.483 e. The number of nitrogens with zero attached hydrogens (tertiary/aromatic N) is 1. The number of carbonyl (C=O) groups is 3. The molecular weight excluding hydrogens is 432 g/mol. The number of benzene rings is 2. The van der Waals surface area contributed by atoms with Crippen LogP contribution in [0.15, 0.2) is 42.5 Å². The lowest BCUT2D eigenvalue weighted by molar-refractivity contribution is -0.134. The van der Waals surface area contributed by atoms with Gasteiger partial charge in [0.1, 0.15) is 11.5 Å². The van der Waals surface area contributed by atoms with Gasteiger partial charge in [0.05, 0.1) is 0 Å². The molecule has 2 aromatic rings. The highest BCUT2D eigenvalue weighted by atomic mass is 16.5. The predicted octanol–water partition coefficient (Wildman–Crippen LogP) is 4.02. The SMILES string of the molecule is CC(=O)Oc1cccc(C(=O)NC2CCN(C(=O)COc3ccc(C)cc3C(C)(C)C)CC2)c1. The number of amides is 2. The average Bonchev–Trinajstić information content (AvgIpc) is 2.77. The second kappa shape index (κ2) is 10.7. The molecule has 3 rings (SSSR count). The number of hydrogen-bond donors (Lipinski definition) is 1. The number of nitrogens with one attached hydrogen (secondary N) is 1. The maximum Gasteiger partial charge on any atom is 0.308 e. The first-order valence-corrected chi connectivity index (χ1v) is 11.6. The average molecular weight is 467 g/mol.